The number of ether oxygens (including phenoxy) is 1. The quantitative estimate of drug-likeness (QED) is 0.732. The number of hydrogen-bond acceptors (Lipinski definition) is 1. The molecule has 1 heterocycles. The fourth-order valence-corrected chi connectivity index (χ4v) is 2.64. The third-order valence-corrected chi connectivity index (χ3v) is 3.87. The first kappa shape index (κ1) is 13.6. The molecule has 1 nitrogen and oxygen atoms in total. The molecule has 106 valence electrons. The zero-order chi connectivity index (χ0) is 15.0. The van der Waals surface area contributed by atoms with Gasteiger partial charge in [-0.3, -0.25) is 0 Å². The van der Waals surface area contributed by atoms with Gasteiger partial charge in [0.15, 0.2) is 0 Å². The van der Waals surface area contributed by atoms with E-state index in [4.69, 9.17) is 4.74 Å². The van der Waals surface area contributed by atoms with Gasteiger partial charge < -0.3 is 4.74 Å². The van der Waals surface area contributed by atoms with Crippen molar-refractivity contribution in [2.75, 3.05) is 0 Å². The highest BCUT2D eigenvalue weighted by Gasteiger charge is 2.24. The van der Waals surface area contributed by atoms with E-state index in [-0.39, 0.29) is 5.82 Å². The van der Waals surface area contributed by atoms with Crippen LogP contribution in [-0.4, -0.2) is 0 Å². The molecule has 0 aliphatic carbocycles. The van der Waals surface area contributed by atoms with Crippen molar-refractivity contribution in [1.82, 2.24) is 0 Å². The Morgan fingerprint density at radius 3 is 2.52 bits per heavy atom. The highest BCUT2D eigenvalue weighted by atomic mass is 19.1. The van der Waals surface area contributed by atoms with Crippen LogP contribution in [0.1, 0.15) is 30.5 Å². The predicted octanol–water partition coefficient (Wildman–Crippen LogP) is 5.22. The van der Waals surface area contributed by atoms with Crippen LogP contribution in [0, 0.1) is 5.82 Å². The van der Waals surface area contributed by atoms with E-state index in [2.05, 4.69) is 6.58 Å². The number of aryl methyl sites for hydroxylation is 1. The van der Waals surface area contributed by atoms with Gasteiger partial charge in [0.05, 0.1) is 0 Å². The molecule has 0 fully saturated rings. The SMILES string of the molecule is C=C1C(C)=C(c2ccccc2)Oc2c(CC)cc(F)cc21. The summed E-state index contributed by atoms with van der Waals surface area (Å²) in [6, 6.07) is 13.0. The Labute approximate surface area is 124 Å². The topological polar surface area (TPSA) is 9.23 Å². The van der Waals surface area contributed by atoms with Crippen LogP contribution in [0.15, 0.2) is 54.6 Å². The third kappa shape index (κ3) is 2.27. The molecule has 0 saturated heterocycles. The monoisotopic (exact) mass is 280 g/mol. The number of rotatable bonds is 2. The first-order valence-corrected chi connectivity index (χ1v) is 7.08. The lowest BCUT2D eigenvalue weighted by Crippen LogP contribution is -2.09. The van der Waals surface area contributed by atoms with E-state index in [1.165, 1.54) is 12.1 Å². The summed E-state index contributed by atoms with van der Waals surface area (Å²) < 4.78 is 19.9. The van der Waals surface area contributed by atoms with Crippen molar-refractivity contribution in [1.29, 1.82) is 0 Å². The standard InChI is InChI=1S/C19H17FO/c1-4-14-10-16(20)11-17-12(2)13(3)18(21-19(14)17)15-8-6-5-7-9-15/h5-11H,2,4H2,1,3H3. The molecule has 3 rings (SSSR count). The van der Waals surface area contributed by atoms with Crippen LogP contribution in [0.5, 0.6) is 5.75 Å². The fourth-order valence-electron chi connectivity index (χ4n) is 2.64. The molecule has 0 bridgehead atoms. The minimum atomic E-state index is -0.244. The van der Waals surface area contributed by atoms with E-state index in [0.717, 1.165) is 39.3 Å². The van der Waals surface area contributed by atoms with Crippen LogP contribution in [0.2, 0.25) is 0 Å². The van der Waals surface area contributed by atoms with Gasteiger partial charge in [0.2, 0.25) is 0 Å². The van der Waals surface area contributed by atoms with Crippen molar-refractivity contribution in [2.24, 2.45) is 0 Å². The molecule has 0 atom stereocenters. The van der Waals surface area contributed by atoms with Crippen LogP contribution in [-0.2, 0) is 6.42 Å². The summed E-state index contributed by atoms with van der Waals surface area (Å²) in [5.41, 5.74) is 4.40. The summed E-state index contributed by atoms with van der Waals surface area (Å²) in [6.07, 6.45) is 0.717. The summed E-state index contributed by atoms with van der Waals surface area (Å²) in [5, 5.41) is 0. The van der Waals surface area contributed by atoms with Crippen molar-refractivity contribution in [2.45, 2.75) is 20.3 Å². The molecular weight excluding hydrogens is 263 g/mol. The second kappa shape index (κ2) is 5.21. The predicted molar refractivity (Wildman–Crippen MR) is 84.5 cm³/mol. The summed E-state index contributed by atoms with van der Waals surface area (Å²) in [5.74, 6) is 1.29. The molecule has 0 unspecified atom stereocenters. The highest BCUT2D eigenvalue weighted by Crippen LogP contribution is 2.43. The number of halogens is 1. The molecule has 0 amide bonds. The molecule has 0 radical (unpaired) electrons. The molecule has 0 aromatic heterocycles. The number of hydrogen-bond donors (Lipinski definition) is 0. The molecule has 2 aromatic carbocycles. The van der Waals surface area contributed by atoms with Gasteiger partial charge in [-0.15, -0.1) is 0 Å². The average molecular weight is 280 g/mol. The maximum Gasteiger partial charge on any atom is 0.138 e. The van der Waals surface area contributed by atoms with E-state index in [0.29, 0.717) is 6.42 Å². The summed E-state index contributed by atoms with van der Waals surface area (Å²) in [6.45, 7) is 8.08. The van der Waals surface area contributed by atoms with Crippen molar-refractivity contribution in [3.05, 3.63) is 77.1 Å². The zero-order valence-corrected chi connectivity index (χ0v) is 12.2. The number of fused-ring (bicyclic) bond motifs is 1. The van der Waals surface area contributed by atoms with E-state index >= 15 is 0 Å². The van der Waals surface area contributed by atoms with Crippen LogP contribution >= 0.6 is 0 Å². The maximum atomic E-state index is 13.7. The van der Waals surface area contributed by atoms with Crippen LogP contribution in [0.25, 0.3) is 11.3 Å². The fraction of sp³-hybridized carbons (Fsp3) is 0.158. The molecule has 2 heteroatoms. The van der Waals surface area contributed by atoms with Gasteiger partial charge in [0.1, 0.15) is 17.3 Å². The molecule has 2 aromatic rings. The van der Waals surface area contributed by atoms with Crippen LogP contribution in [0.3, 0.4) is 0 Å². The Bertz CT molecular complexity index is 742. The van der Waals surface area contributed by atoms with Crippen molar-refractivity contribution < 1.29 is 9.13 Å². The van der Waals surface area contributed by atoms with Crippen molar-refractivity contribution in [3.63, 3.8) is 0 Å². The van der Waals surface area contributed by atoms with Gasteiger partial charge in [-0.05, 0) is 42.2 Å². The van der Waals surface area contributed by atoms with E-state index in [9.17, 15) is 4.39 Å². The zero-order valence-electron chi connectivity index (χ0n) is 12.2. The Morgan fingerprint density at radius 1 is 1.14 bits per heavy atom. The molecule has 21 heavy (non-hydrogen) atoms. The first-order chi connectivity index (χ1) is 10.1. The normalized spacial score (nSPS) is 14.0. The van der Waals surface area contributed by atoms with Gasteiger partial charge in [-0.25, -0.2) is 4.39 Å². The van der Waals surface area contributed by atoms with Crippen molar-refractivity contribution in [3.8, 4) is 5.75 Å². The molecule has 0 spiro atoms. The van der Waals surface area contributed by atoms with Crippen LogP contribution in [0.4, 0.5) is 4.39 Å². The van der Waals surface area contributed by atoms with E-state index in [1.807, 2.05) is 44.2 Å². The molecule has 0 N–H and O–H groups in total. The highest BCUT2D eigenvalue weighted by molar-refractivity contribution is 5.91. The van der Waals surface area contributed by atoms with Gasteiger partial charge in [0.25, 0.3) is 0 Å². The molecule has 1 aliphatic heterocycles. The largest absolute Gasteiger partial charge is 0.455 e. The van der Waals surface area contributed by atoms with E-state index < -0.39 is 0 Å². The summed E-state index contributed by atoms with van der Waals surface area (Å²) >= 11 is 0. The number of benzene rings is 2. The smallest absolute Gasteiger partial charge is 0.138 e. The lowest BCUT2D eigenvalue weighted by atomic mass is 9.92. The molecule has 1 aliphatic rings. The third-order valence-electron chi connectivity index (χ3n) is 3.87. The minimum absolute atomic E-state index is 0.244. The van der Waals surface area contributed by atoms with Gasteiger partial charge in [-0.1, -0.05) is 43.8 Å². The average Bonchev–Trinajstić information content (AvgIpc) is 2.51. The Kier molecular flexibility index (Phi) is 3.38. The Balaban J connectivity index is 2.18. The number of allylic oxidation sites excluding steroid dienone is 2. The lowest BCUT2D eigenvalue weighted by molar-refractivity contribution is 0.495. The second-order valence-corrected chi connectivity index (χ2v) is 5.20. The Hall–Kier alpha value is -2.35. The van der Waals surface area contributed by atoms with Crippen molar-refractivity contribution >= 4 is 11.3 Å². The van der Waals surface area contributed by atoms with Gasteiger partial charge in [-0.2, -0.15) is 0 Å². The minimum Gasteiger partial charge on any atom is -0.455 e. The van der Waals surface area contributed by atoms with Crippen LogP contribution < -0.4 is 4.74 Å². The second-order valence-electron chi connectivity index (χ2n) is 5.20. The molecule has 0 saturated carbocycles. The summed E-state index contributed by atoms with van der Waals surface area (Å²) in [7, 11) is 0. The summed E-state index contributed by atoms with van der Waals surface area (Å²) in [4.78, 5) is 0. The molecular formula is C19H17FO. The maximum absolute atomic E-state index is 13.7. The van der Waals surface area contributed by atoms with E-state index in [1.54, 1.807) is 0 Å². The first-order valence-electron chi connectivity index (χ1n) is 7.08. The van der Waals surface area contributed by atoms with Gasteiger partial charge in [0, 0.05) is 11.1 Å². The lowest BCUT2D eigenvalue weighted by Gasteiger charge is -2.26. The van der Waals surface area contributed by atoms with Gasteiger partial charge >= 0.3 is 0 Å². The Morgan fingerprint density at radius 2 is 1.86 bits per heavy atom.